The highest BCUT2D eigenvalue weighted by Crippen LogP contribution is 2.22. The van der Waals surface area contributed by atoms with Gasteiger partial charge in [-0.25, -0.2) is 4.79 Å². The summed E-state index contributed by atoms with van der Waals surface area (Å²) < 4.78 is 5.96. The summed E-state index contributed by atoms with van der Waals surface area (Å²) in [5.74, 6) is 0.289. The molecule has 0 aromatic carbocycles. The fraction of sp³-hybridized carbons (Fsp3) is 0.476. The summed E-state index contributed by atoms with van der Waals surface area (Å²) in [6, 6.07) is 9.69. The van der Waals surface area contributed by atoms with Crippen LogP contribution in [0, 0.1) is 5.92 Å². The number of nitrogens with zero attached hydrogens (tertiary/aromatic N) is 3. The molecule has 2 aromatic rings. The van der Waals surface area contributed by atoms with E-state index in [0.717, 1.165) is 24.1 Å². The van der Waals surface area contributed by atoms with E-state index in [1.54, 1.807) is 12.4 Å². The molecule has 0 radical (unpaired) electrons. The van der Waals surface area contributed by atoms with Crippen molar-refractivity contribution in [3.05, 3.63) is 60.2 Å². The normalized spacial score (nSPS) is 16.3. The Morgan fingerprint density at radius 2 is 2.04 bits per heavy atom. The first-order valence-corrected chi connectivity index (χ1v) is 9.60. The van der Waals surface area contributed by atoms with Crippen LogP contribution in [0.25, 0.3) is 0 Å². The van der Waals surface area contributed by atoms with Gasteiger partial charge in [0.1, 0.15) is 0 Å². The van der Waals surface area contributed by atoms with E-state index in [2.05, 4.69) is 29.1 Å². The molecule has 0 aliphatic carbocycles. The molecule has 0 bridgehead atoms. The number of carbonyl (C=O) groups is 1. The van der Waals surface area contributed by atoms with Crippen LogP contribution in [-0.2, 0) is 11.3 Å². The molecule has 6 heteroatoms. The smallest absolute Gasteiger partial charge is 0.317 e. The Labute approximate surface area is 161 Å². The van der Waals surface area contributed by atoms with E-state index in [9.17, 15) is 4.79 Å². The molecule has 27 heavy (non-hydrogen) atoms. The molecule has 3 rings (SSSR count). The van der Waals surface area contributed by atoms with Crippen molar-refractivity contribution in [2.75, 3.05) is 13.1 Å². The molecular weight excluding hydrogens is 340 g/mol. The number of pyridine rings is 2. The van der Waals surface area contributed by atoms with E-state index in [1.165, 1.54) is 0 Å². The Bertz CT molecular complexity index is 701. The molecule has 1 fully saturated rings. The molecule has 1 aliphatic heterocycles. The lowest BCUT2D eigenvalue weighted by Gasteiger charge is -2.34. The van der Waals surface area contributed by atoms with Gasteiger partial charge in [-0.15, -0.1) is 0 Å². The molecule has 1 atom stereocenters. The van der Waals surface area contributed by atoms with Gasteiger partial charge >= 0.3 is 6.03 Å². The average Bonchev–Trinajstić information content (AvgIpc) is 2.72. The molecule has 0 saturated carbocycles. The molecule has 1 aliphatic rings. The fourth-order valence-electron chi connectivity index (χ4n) is 3.33. The molecule has 2 amide bonds. The lowest BCUT2D eigenvalue weighted by Crippen LogP contribution is -2.47. The van der Waals surface area contributed by atoms with Crippen LogP contribution >= 0.6 is 0 Å². The lowest BCUT2D eigenvalue weighted by atomic mass is 9.97. The molecule has 6 nitrogen and oxygen atoms in total. The fourth-order valence-corrected chi connectivity index (χ4v) is 3.33. The van der Waals surface area contributed by atoms with Gasteiger partial charge in [0.25, 0.3) is 0 Å². The Morgan fingerprint density at radius 1 is 1.22 bits per heavy atom. The van der Waals surface area contributed by atoms with Gasteiger partial charge in [0.15, 0.2) is 0 Å². The highest BCUT2D eigenvalue weighted by molar-refractivity contribution is 5.74. The van der Waals surface area contributed by atoms with Crippen LogP contribution in [0.4, 0.5) is 4.79 Å². The standard InChI is InChI=1S/C21H28N4O2/c1-16(2)20(17-6-5-10-22-14-17)24-21(26)25-12-8-19(9-13-25)27-15-18-7-3-4-11-23-18/h3-7,10-11,14,16,19-20H,8-9,12-13,15H2,1-2H3,(H,24,26). The number of hydrogen-bond acceptors (Lipinski definition) is 4. The number of nitrogens with one attached hydrogen (secondary N) is 1. The van der Waals surface area contributed by atoms with E-state index in [1.807, 2.05) is 41.4 Å². The predicted octanol–water partition coefficient (Wildman–Crippen LogP) is 3.56. The Balaban J connectivity index is 1.47. The zero-order valence-electron chi connectivity index (χ0n) is 16.0. The number of urea groups is 1. The minimum atomic E-state index is -0.0377. The minimum Gasteiger partial charge on any atom is -0.372 e. The largest absolute Gasteiger partial charge is 0.372 e. The summed E-state index contributed by atoms with van der Waals surface area (Å²) in [5, 5.41) is 3.17. The molecule has 2 aromatic heterocycles. The number of rotatable bonds is 6. The van der Waals surface area contributed by atoms with Crippen molar-refractivity contribution in [1.82, 2.24) is 20.2 Å². The van der Waals surface area contributed by atoms with E-state index in [0.29, 0.717) is 19.7 Å². The predicted molar refractivity (Wildman–Crippen MR) is 104 cm³/mol. The van der Waals surface area contributed by atoms with Gasteiger partial charge in [-0.3, -0.25) is 9.97 Å². The summed E-state index contributed by atoms with van der Waals surface area (Å²) in [5.41, 5.74) is 1.98. The van der Waals surface area contributed by atoms with E-state index >= 15 is 0 Å². The third-order valence-electron chi connectivity index (χ3n) is 4.91. The first kappa shape index (κ1) is 19.3. The quantitative estimate of drug-likeness (QED) is 0.846. The number of piperidine rings is 1. The Kier molecular flexibility index (Phi) is 6.76. The number of likely N-dealkylation sites (tertiary alicyclic amines) is 1. The zero-order valence-corrected chi connectivity index (χ0v) is 16.0. The second-order valence-electron chi connectivity index (χ2n) is 7.28. The van der Waals surface area contributed by atoms with E-state index in [4.69, 9.17) is 4.74 Å². The number of aromatic nitrogens is 2. The minimum absolute atomic E-state index is 0.0132. The molecule has 0 spiro atoms. The summed E-state index contributed by atoms with van der Waals surface area (Å²) in [4.78, 5) is 23.1. The average molecular weight is 368 g/mol. The van der Waals surface area contributed by atoms with Crippen molar-refractivity contribution >= 4 is 6.03 Å². The van der Waals surface area contributed by atoms with Crippen molar-refractivity contribution in [2.45, 2.75) is 45.4 Å². The summed E-state index contributed by atoms with van der Waals surface area (Å²) in [7, 11) is 0. The Morgan fingerprint density at radius 3 is 2.67 bits per heavy atom. The molecule has 1 unspecified atom stereocenters. The number of amides is 2. The first-order chi connectivity index (χ1) is 13.1. The Hall–Kier alpha value is -2.47. The van der Waals surface area contributed by atoms with Crippen molar-refractivity contribution in [2.24, 2.45) is 5.92 Å². The second-order valence-corrected chi connectivity index (χ2v) is 7.28. The topological polar surface area (TPSA) is 67.4 Å². The summed E-state index contributed by atoms with van der Waals surface area (Å²) >= 11 is 0. The van der Waals surface area contributed by atoms with Gasteiger partial charge in [-0.05, 0) is 42.5 Å². The van der Waals surface area contributed by atoms with E-state index in [-0.39, 0.29) is 24.1 Å². The highest BCUT2D eigenvalue weighted by Gasteiger charge is 2.26. The zero-order chi connectivity index (χ0) is 19.1. The van der Waals surface area contributed by atoms with Crippen molar-refractivity contribution in [1.29, 1.82) is 0 Å². The van der Waals surface area contributed by atoms with Crippen molar-refractivity contribution < 1.29 is 9.53 Å². The summed E-state index contributed by atoms with van der Waals surface area (Å²) in [6.45, 7) is 6.15. The summed E-state index contributed by atoms with van der Waals surface area (Å²) in [6.07, 6.45) is 7.22. The number of ether oxygens (including phenoxy) is 1. The third kappa shape index (κ3) is 5.50. The van der Waals surface area contributed by atoms with Crippen LogP contribution in [-0.4, -0.2) is 40.1 Å². The van der Waals surface area contributed by atoms with Crippen molar-refractivity contribution in [3.8, 4) is 0 Å². The van der Waals surface area contributed by atoms with Crippen molar-refractivity contribution in [3.63, 3.8) is 0 Å². The third-order valence-corrected chi connectivity index (χ3v) is 4.91. The molecule has 1 saturated heterocycles. The number of carbonyl (C=O) groups excluding carboxylic acids is 1. The van der Waals surface area contributed by atoms with Gasteiger partial charge in [0.2, 0.25) is 0 Å². The van der Waals surface area contributed by atoms with Gasteiger partial charge < -0.3 is 15.0 Å². The molecular formula is C21H28N4O2. The maximum atomic E-state index is 12.7. The highest BCUT2D eigenvalue weighted by atomic mass is 16.5. The van der Waals surface area contributed by atoms with E-state index < -0.39 is 0 Å². The SMILES string of the molecule is CC(C)C(NC(=O)N1CCC(OCc2ccccn2)CC1)c1cccnc1. The first-order valence-electron chi connectivity index (χ1n) is 9.60. The van der Waals surface area contributed by atoms with Crippen LogP contribution in [0.1, 0.15) is 44.0 Å². The lowest BCUT2D eigenvalue weighted by molar-refractivity contribution is 0.00279. The van der Waals surface area contributed by atoms with Crippen LogP contribution in [0.2, 0.25) is 0 Å². The second kappa shape index (κ2) is 9.46. The van der Waals surface area contributed by atoms with Crippen LogP contribution < -0.4 is 5.32 Å². The molecule has 3 heterocycles. The van der Waals surface area contributed by atoms with Crippen LogP contribution in [0.3, 0.4) is 0 Å². The van der Waals surface area contributed by atoms with Crippen LogP contribution in [0.5, 0.6) is 0 Å². The molecule has 1 N–H and O–H groups in total. The molecule has 144 valence electrons. The maximum absolute atomic E-state index is 12.7. The maximum Gasteiger partial charge on any atom is 0.317 e. The van der Waals surface area contributed by atoms with Crippen LogP contribution in [0.15, 0.2) is 48.9 Å². The van der Waals surface area contributed by atoms with Gasteiger partial charge in [0, 0.05) is 31.7 Å². The number of hydrogen-bond donors (Lipinski definition) is 1. The van der Waals surface area contributed by atoms with Gasteiger partial charge in [-0.1, -0.05) is 26.0 Å². The van der Waals surface area contributed by atoms with Gasteiger partial charge in [-0.2, -0.15) is 0 Å². The van der Waals surface area contributed by atoms with Gasteiger partial charge in [0.05, 0.1) is 24.4 Å². The monoisotopic (exact) mass is 368 g/mol.